The molecule has 2 heterocycles. The Kier molecular flexibility index (Phi) is 1.96. The van der Waals surface area contributed by atoms with Crippen LogP contribution in [0.4, 0.5) is 5.69 Å². The lowest BCUT2D eigenvalue weighted by atomic mass is 9.54. The number of hydrogen-bond donors (Lipinski definition) is 0. The van der Waals surface area contributed by atoms with Crippen LogP contribution in [0.3, 0.4) is 0 Å². The molecule has 1 aliphatic carbocycles. The number of carbonyl (C=O) groups excluding carboxylic acids is 2. The van der Waals surface area contributed by atoms with E-state index in [1.54, 1.807) is 0 Å². The molecular weight excluding hydrogens is 242 g/mol. The van der Waals surface area contributed by atoms with Crippen molar-refractivity contribution in [2.75, 3.05) is 12.0 Å². The van der Waals surface area contributed by atoms with Crippen molar-refractivity contribution in [1.82, 2.24) is 0 Å². The summed E-state index contributed by atoms with van der Waals surface area (Å²) in [6.45, 7) is 0. The summed E-state index contributed by atoms with van der Waals surface area (Å²) in [6.07, 6.45) is 2.30. The average Bonchev–Trinajstić information content (AvgIpc) is 2.68. The lowest BCUT2D eigenvalue weighted by Crippen LogP contribution is -2.66. The van der Waals surface area contributed by atoms with Crippen LogP contribution in [0.15, 0.2) is 24.3 Å². The molecule has 4 nitrogen and oxygen atoms in total. The highest BCUT2D eigenvalue weighted by atomic mass is 16.5. The highest BCUT2D eigenvalue weighted by molar-refractivity contribution is 6.04. The minimum absolute atomic E-state index is 0.0152. The molecule has 1 saturated heterocycles. The number of amides is 1. The second-order valence-corrected chi connectivity index (χ2v) is 5.69. The Hall–Kier alpha value is -1.84. The van der Waals surface area contributed by atoms with Gasteiger partial charge in [0.1, 0.15) is 5.41 Å². The number of carbonyl (C=O) groups is 2. The van der Waals surface area contributed by atoms with Gasteiger partial charge < -0.3 is 9.64 Å². The summed E-state index contributed by atoms with van der Waals surface area (Å²) in [5, 5.41) is 0. The van der Waals surface area contributed by atoms with Crippen molar-refractivity contribution in [2.45, 2.75) is 30.7 Å². The molecule has 2 aliphatic heterocycles. The summed E-state index contributed by atoms with van der Waals surface area (Å²) in [4.78, 5) is 26.4. The largest absolute Gasteiger partial charge is 0.468 e. The molecule has 98 valence electrons. The van der Waals surface area contributed by atoms with Crippen molar-refractivity contribution in [3.63, 3.8) is 0 Å². The van der Waals surface area contributed by atoms with Gasteiger partial charge in [-0.25, -0.2) is 0 Å². The number of rotatable bonds is 1. The molecule has 0 bridgehead atoms. The second-order valence-electron chi connectivity index (χ2n) is 5.69. The number of piperidine rings is 1. The van der Waals surface area contributed by atoms with Gasteiger partial charge in [0.25, 0.3) is 0 Å². The van der Waals surface area contributed by atoms with Crippen LogP contribution in [0.2, 0.25) is 0 Å². The first-order valence-corrected chi connectivity index (χ1v) is 6.70. The van der Waals surface area contributed by atoms with Gasteiger partial charge in [0.15, 0.2) is 0 Å². The van der Waals surface area contributed by atoms with Gasteiger partial charge in [-0.15, -0.1) is 0 Å². The molecule has 4 rings (SSSR count). The van der Waals surface area contributed by atoms with Gasteiger partial charge in [0.05, 0.1) is 13.2 Å². The summed E-state index contributed by atoms with van der Waals surface area (Å²) in [7, 11) is 1.43. The van der Waals surface area contributed by atoms with Crippen LogP contribution in [0, 0.1) is 5.92 Å². The quantitative estimate of drug-likeness (QED) is 0.718. The number of ether oxygens (including phenoxy) is 1. The molecule has 0 N–H and O–H groups in total. The fourth-order valence-electron chi connectivity index (χ4n) is 4.27. The van der Waals surface area contributed by atoms with Crippen LogP contribution in [0.1, 0.15) is 24.8 Å². The number of anilines is 1. The van der Waals surface area contributed by atoms with Crippen molar-refractivity contribution >= 4 is 17.6 Å². The molecule has 3 aliphatic rings. The van der Waals surface area contributed by atoms with Crippen LogP contribution >= 0.6 is 0 Å². The Morgan fingerprint density at radius 1 is 1.42 bits per heavy atom. The van der Waals surface area contributed by atoms with Crippen LogP contribution in [0.25, 0.3) is 0 Å². The van der Waals surface area contributed by atoms with E-state index in [1.165, 1.54) is 7.11 Å². The van der Waals surface area contributed by atoms with Crippen LogP contribution in [-0.4, -0.2) is 25.0 Å². The van der Waals surface area contributed by atoms with Gasteiger partial charge in [-0.1, -0.05) is 18.2 Å². The molecule has 1 saturated carbocycles. The number of para-hydroxylation sites is 1. The summed E-state index contributed by atoms with van der Waals surface area (Å²) in [5.74, 6) is 0.377. The van der Waals surface area contributed by atoms with Gasteiger partial charge in [-0.2, -0.15) is 0 Å². The Morgan fingerprint density at radius 3 is 3.00 bits per heavy atom. The molecule has 2 fully saturated rings. The van der Waals surface area contributed by atoms with E-state index in [0.717, 1.165) is 24.1 Å². The molecule has 3 atom stereocenters. The normalized spacial score (nSPS) is 34.4. The molecule has 0 spiro atoms. The minimum Gasteiger partial charge on any atom is -0.468 e. The van der Waals surface area contributed by atoms with Gasteiger partial charge in [0, 0.05) is 12.1 Å². The zero-order chi connectivity index (χ0) is 13.2. The van der Waals surface area contributed by atoms with Gasteiger partial charge in [-0.05, 0) is 30.4 Å². The van der Waals surface area contributed by atoms with E-state index >= 15 is 0 Å². The summed E-state index contributed by atoms with van der Waals surface area (Å²) in [5.41, 5.74) is 1.27. The Balaban J connectivity index is 1.95. The standard InChI is InChI=1S/C15H15NO3/c1-19-14(18)15-8-9-6-7-12(17)16(13(9)15)11-5-3-2-4-10(11)15/h2-5,9,13H,6-8H2,1H3/t9-,13-,15+/m0/s1. The zero-order valence-corrected chi connectivity index (χ0v) is 10.8. The fraction of sp³-hybridized carbons (Fsp3) is 0.467. The zero-order valence-electron chi connectivity index (χ0n) is 10.8. The number of fused-ring (bicyclic) bond motifs is 3. The molecular formula is C15H15NO3. The third kappa shape index (κ3) is 1.06. The molecule has 4 heteroatoms. The average molecular weight is 257 g/mol. The number of hydrogen-bond acceptors (Lipinski definition) is 3. The number of methoxy groups -OCH3 is 1. The summed E-state index contributed by atoms with van der Waals surface area (Å²) >= 11 is 0. The topological polar surface area (TPSA) is 46.6 Å². The smallest absolute Gasteiger partial charge is 0.318 e. The first-order valence-electron chi connectivity index (χ1n) is 6.70. The summed E-state index contributed by atoms with van der Waals surface area (Å²) < 4.78 is 5.04. The third-order valence-electron chi connectivity index (χ3n) is 5.01. The highest BCUT2D eigenvalue weighted by Gasteiger charge is 2.69. The predicted octanol–water partition coefficient (Wildman–Crippen LogP) is 1.63. The monoisotopic (exact) mass is 257 g/mol. The van der Waals surface area contributed by atoms with E-state index in [4.69, 9.17) is 4.74 Å². The van der Waals surface area contributed by atoms with Crippen molar-refractivity contribution in [1.29, 1.82) is 0 Å². The maximum atomic E-state index is 12.3. The number of benzene rings is 1. The lowest BCUT2D eigenvalue weighted by Gasteiger charge is -2.53. The van der Waals surface area contributed by atoms with Gasteiger partial charge >= 0.3 is 5.97 Å². The van der Waals surface area contributed by atoms with Crippen molar-refractivity contribution < 1.29 is 14.3 Å². The molecule has 1 aromatic rings. The van der Waals surface area contributed by atoms with Crippen LogP contribution in [0.5, 0.6) is 0 Å². The molecule has 1 amide bonds. The van der Waals surface area contributed by atoms with E-state index in [-0.39, 0.29) is 17.9 Å². The van der Waals surface area contributed by atoms with Crippen molar-refractivity contribution in [3.05, 3.63) is 29.8 Å². The molecule has 1 aromatic carbocycles. The number of nitrogens with zero attached hydrogens (tertiary/aromatic N) is 1. The Morgan fingerprint density at radius 2 is 2.21 bits per heavy atom. The van der Waals surface area contributed by atoms with Crippen molar-refractivity contribution in [2.24, 2.45) is 5.92 Å². The predicted molar refractivity (Wildman–Crippen MR) is 68.8 cm³/mol. The van der Waals surface area contributed by atoms with E-state index in [9.17, 15) is 9.59 Å². The minimum atomic E-state index is -0.605. The van der Waals surface area contributed by atoms with Gasteiger partial charge in [-0.3, -0.25) is 9.59 Å². The molecule has 0 radical (unpaired) electrons. The van der Waals surface area contributed by atoms with Crippen molar-refractivity contribution in [3.8, 4) is 0 Å². The highest BCUT2D eigenvalue weighted by Crippen LogP contribution is 2.62. The third-order valence-corrected chi connectivity index (χ3v) is 5.01. The first kappa shape index (κ1) is 11.0. The van der Waals surface area contributed by atoms with Gasteiger partial charge in [0.2, 0.25) is 5.91 Å². The maximum Gasteiger partial charge on any atom is 0.318 e. The van der Waals surface area contributed by atoms with E-state index in [0.29, 0.717) is 12.3 Å². The van der Waals surface area contributed by atoms with Crippen LogP contribution in [-0.2, 0) is 19.7 Å². The lowest BCUT2D eigenvalue weighted by molar-refractivity contribution is -0.156. The van der Waals surface area contributed by atoms with Crippen LogP contribution < -0.4 is 4.90 Å². The molecule has 0 unspecified atom stereocenters. The first-order chi connectivity index (χ1) is 9.20. The summed E-state index contributed by atoms with van der Waals surface area (Å²) in [6, 6.07) is 7.75. The van der Waals surface area contributed by atoms with E-state index in [1.807, 2.05) is 29.2 Å². The molecule has 19 heavy (non-hydrogen) atoms. The SMILES string of the molecule is COC(=O)[C@]12C[C@@H]3CCC(=O)N(c4ccccc41)[C@@H]32. The number of esters is 1. The Labute approximate surface area is 111 Å². The Bertz CT molecular complexity index is 597. The van der Waals surface area contributed by atoms with E-state index in [2.05, 4.69) is 0 Å². The van der Waals surface area contributed by atoms with E-state index < -0.39 is 5.41 Å². The fourth-order valence-corrected chi connectivity index (χ4v) is 4.27. The molecule has 0 aromatic heterocycles. The second kappa shape index (κ2) is 3.38. The maximum absolute atomic E-state index is 12.3.